The number of benzene rings is 2. The minimum atomic E-state index is 0.123. The number of aromatic hydroxyl groups is 1. The van der Waals surface area contributed by atoms with E-state index in [1.54, 1.807) is 12.1 Å². The third-order valence-corrected chi connectivity index (χ3v) is 2.49. The standard InChI is InChI=1S/C14H15NO2/c15-13-10-11(6-7-14(13)16)8-9-17-12-4-2-1-3-5-12/h1-7,10,16H,8-9,15H2. The molecular weight excluding hydrogens is 214 g/mol. The molecule has 0 radical (unpaired) electrons. The maximum absolute atomic E-state index is 9.29. The van der Waals surface area contributed by atoms with E-state index in [0.29, 0.717) is 12.3 Å². The van der Waals surface area contributed by atoms with Gasteiger partial charge in [-0.15, -0.1) is 0 Å². The van der Waals surface area contributed by atoms with Gasteiger partial charge in [-0.1, -0.05) is 24.3 Å². The topological polar surface area (TPSA) is 55.5 Å². The number of hydrogen-bond donors (Lipinski definition) is 2. The van der Waals surface area contributed by atoms with Crippen LogP contribution in [0.3, 0.4) is 0 Å². The normalized spacial score (nSPS) is 10.1. The van der Waals surface area contributed by atoms with Crippen molar-refractivity contribution in [3.63, 3.8) is 0 Å². The molecule has 0 aliphatic carbocycles. The van der Waals surface area contributed by atoms with E-state index in [4.69, 9.17) is 10.5 Å². The van der Waals surface area contributed by atoms with E-state index in [-0.39, 0.29) is 5.75 Å². The number of phenolic OH excluding ortho intramolecular Hbond substituents is 1. The summed E-state index contributed by atoms with van der Waals surface area (Å²) in [4.78, 5) is 0. The van der Waals surface area contributed by atoms with Gasteiger partial charge in [0.15, 0.2) is 0 Å². The smallest absolute Gasteiger partial charge is 0.138 e. The van der Waals surface area contributed by atoms with Crippen LogP contribution < -0.4 is 10.5 Å². The maximum Gasteiger partial charge on any atom is 0.138 e. The third kappa shape index (κ3) is 3.14. The van der Waals surface area contributed by atoms with Crippen molar-refractivity contribution in [3.05, 3.63) is 54.1 Å². The van der Waals surface area contributed by atoms with E-state index in [0.717, 1.165) is 17.7 Å². The van der Waals surface area contributed by atoms with Gasteiger partial charge >= 0.3 is 0 Å². The Bertz CT molecular complexity index is 483. The van der Waals surface area contributed by atoms with E-state index in [2.05, 4.69) is 0 Å². The molecule has 0 spiro atoms. The largest absolute Gasteiger partial charge is 0.506 e. The molecule has 0 unspecified atom stereocenters. The molecule has 0 bridgehead atoms. The zero-order valence-electron chi connectivity index (χ0n) is 9.47. The van der Waals surface area contributed by atoms with Gasteiger partial charge in [0.1, 0.15) is 11.5 Å². The molecule has 0 aliphatic heterocycles. The van der Waals surface area contributed by atoms with E-state index in [1.165, 1.54) is 0 Å². The number of hydrogen-bond acceptors (Lipinski definition) is 3. The number of nitrogen functional groups attached to an aromatic ring is 1. The van der Waals surface area contributed by atoms with E-state index in [9.17, 15) is 5.11 Å². The Morgan fingerprint density at radius 2 is 1.82 bits per heavy atom. The summed E-state index contributed by atoms with van der Waals surface area (Å²) >= 11 is 0. The molecule has 2 aromatic rings. The van der Waals surface area contributed by atoms with Gasteiger partial charge < -0.3 is 15.6 Å². The second-order valence-corrected chi connectivity index (χ2v) is 3.80. The molecule has 3 heteroatoms. The average Bonchev–Trinajstić information content (AvgIpc) is 2.35. The van der Waals surface area contributed by atoms with Gasteiger partial charge in [0, 0.05) is 6.42 Å². The Morgan fingerprint density at radius 3 is 2.53 bits per heavy atom. The molecular formula is C14H15NO2. The monoisotopic (exact) mass is 229 g/mol. The van der Waals surface area contributed by atoms with Crippen LogP contribution in [0, 0.1) is 0 Å². The Kier molecular flexibility index (Phi) is 3.50. The quantitative estimate of drug-likeness (QED) is 0.626. The highest BCUT2D eigenvalue weighted by Crippen LogP contribution is 2.20. The summed E-state index contributed by atoms with van der Waals surface area (Å²) in [7, 11) is 0. The number of phenols is 1. The van der Waals surface area contributed by atoms with Crippen molar-refractivity contribution in [1.29, 1.82) is 0 Å². The summed E-state index contributed by atoms with van der Waals surface area (Å²) < 4.78 is 5.58. The number of rotatable bonds is 4. The highest BCUT2D eigenvalue weighted by atomic mass is 16.5. The predicted octanol–water partition coefficient (Wildman–Crippen LogP) is 2.60. The van der Waals surface area contributed by atoms with Gasteiger partial charge in [-0.3, -0.25) is 0 Å². The first-order chi connectivity index (χ1) is 8.25. The second-order valence-electron chi connectivity index (χ2n) is 3.80. The number of ether oxygens (including phenoxy) is 1. The van der Waals surface area contributed by atoms with Crippen molar-refractivity contribution >= 4 is 5.69 Å². The van der Waals surface area contributed by atoms with Crippen LogP contribution in [-0.2, 0) is 6.42 Å². The van der Waals surface area contributed by atoms with Crippen molar-refractivity contribution in [2.45, 2.75) is 6.42 Å². The lowest BCUT2D eigenvalue weighted by Gasteiger charge is -2.07. The zero-order valence-corrected chi connectivity index (χ0v) is 9.47. The summed E-state index contributed by atoms with van der Waals surface area (Å²) in [6.45, 7) is 0.591. The van der Waals surface area contributed by atoms with Crippen molar-refractivity contribution in [2.75, 3.05) is 12.3 Å². The highest BCUT2D eigenvalue weighted by Gasteiger charge is 1.99. The fourth-order valence-corrected chi connectivity index (χ4v) is 1.56. The SMILES string of the molecule is Nc1cc(CCOc2ccccc2)ccc1O. The van der Waals surface area contributed by atoms with Gasteiger partial charge in [-0.25, -0.2) is 0 Å². The van der Waals surface area contributed by atoms with Crippen molar-refractivity contribution in [1.82, 2.24) is 0 Å². The Morgan fingerprint density at radius 1 is 1.06 bits per heavy atom. The summed E-state index contributed by atoms with van der Waals surface area (Å²) in [6.07, 6.45) is 0.763. The molecule has 3 nitrogen and oxygen atoms in total. The molecule has 88 valence electrons. The predicted molar refractivity (Wildman–Crippen MR) is 68.2 cm³/mol. The number of anilines is 1. The van der Waals surface area contributed by atoms with Crippen LogP contribution in [0.25, 0.3) is 0 Å². The van der Waals surface area contributed by atoms with Crippen LogP contribution in [0.2, 0.25) is 0 Å². The van der Waals surface area contributed by atoms with Crippen LogP contribution in [-0.4, -0.2) is 11.7 Å². The molecule has 17 heavy (non-hydrogen) atoms. The van der Waals surface area contributed by atoms with Crippen molar-refractivity contribution in [3.8, 4) is 11.5 Å². The lowest BCUT2D eigenvalue weighted by atomic mass is 10.1. The van der Waals surface area contributed by atoms with Crippen LogP contribution >= 0.6 is 0 Å². The zero-order chi connectivity index (χ0) is 12.1. The fourth-order valence-electron chi connectivity index (χ4n) is 1.56. The molecule has 3 N–H and O–H groups in total. The first-order valence-electron chi connectivity index (χ1n) is 5.51. The third-order valence-electron chi connectivity index (χ3n) is 2.49. The van der Waals surface area contributed by atoms with Crippen LogP contribution in [0.4, 0.5) is 5.69 Å². The van der Waals surface area contributed by atoms with E-state index in [1.807, 2.05) is 36.4 Å². The van der Waals surface area contributed by atoms with Crippen LogP contribution in [0.15, 0.2) is 48.5 Å². The van der Waals surface area contributed by atoms with Gasteiger partial charge in [0.25, 0.3) is 0 Å². The lowest BCUT2D eigenvalue weighted by Crippen LogP contribution is -2.01. The van der Waals surface area contributed by atoms with Crippen molar-refractivity contribution < 1.29 is 9.84 Å². The first kappa shape index (κ1) is 11.3. The van der Waals surface area contributed by atoms with Gasteiger partial charge in [-0.05, 0) is 29.8 Å². The van der Waals surface area contributed by atoms with E-state index < -0.39 is 0 Å². The van der Waals surface area contributed by atoms with Crippen LogP contribution in [0.5, 0.6) is 11.5 Å². The molecule has 0 atom stereocenters. The van der Waals surface area contributed by atoms with Crippen LogP contribution in [0.1, 0.15) is 5.56 Å². The van der Waals surface area contributed by atoms with Gasteiger partial charge in [-0.2, -0.15) is 0 Å². The molecule has 0 heterocycles. The first-order valence-corrected chi connectivity index (χ1v) is 5.51. The molecule has 0 amide bonds. The van der Waals surface area contributed by atoms with Gasteiger partial charge in [0.2, 0.25) is 0 Å². The highest BCUT2D eigenvalue weighted by molar-refractivity contribution is 5.53. The average molecular weight is 229 g/mol. The summed E-state index contributed by atoms with van der Waals surface area (Å²) in [6, 6.07) is 14.9. The van der Waals surface area contributed by atoms with Crippen molar-refractivity contribution in [2.24, 2.45) is 0 Å². The molecule has 0 fully saturated rings. The lowest BCUT2D eigenvalue weighted by molar-refractivity contribution is 0.322. The Labute approximate surface area is 100 Å². The Balaban J connectivity index is 1.88. The fraction of sp³-hybridized carbons (Fsp3) is 0.143. The maximum atomic E-state index is 9.29. The van der Waals surface area contributed by atoms with Gasteiger partial charge in [0.05, 0.1) is 12.3 Å². The minimum absolute atomic E-state index is 0.123. The molecule has 0 saturated heterocycles. The van der Waals surface area contributed by atoms with E-state index >= 15 is 0 Å². The number of para-hydroxylation sites is 1. The summed E-state index contributed by atoms with van der Waals surface area (Å²) in [5.41, 5.74) is 7.07. The number of nitrogens with two attached hydrogens (primary N) is 1. The molecule has 0 saturated carbocycles. The molecule has 2 rings (SSSR count). The second kappa shape index (κ2) is 5.25. The molecule has 0 aromatic heterocycles. The Hall–Kier alpha value is -2.16. The summed E-state index contributed by atoms with van der Waals surface area (Å²) in [5, 5.41) is 9.29. The minimum Gasteiger partial charge on any atom is -0.506 e. The summed E-state index contributed by atoms with van der Waals surface area (Å²) in [5.74, 6) is 0.983. The molecule has 2 aromatic carbocycles. The molecule has 0 aliphatic rings.